The van der Waals surface area contributed by atoms with Crippen molar-refractivity contribution < 1.29 is 4.79 Å². The van der Waals surface area contributed by atoms with Crippen molar-refractivity contribution in [3.05, 3.63) is 71.8 Å². The Morgan fingerprint density at radius 1 is 1.00 bits per heavy atom. The highest BCUT2D eigenvalue weighted by Gasteiger charge is 2.38. The molecule has 0 bridgehead atoms. The Morgan fingerprint density at radius 3 is 2.12 bits per heavy atom. The van der Waals surface area contributed by atoms with Crippen molar-refractivity contribution in [2.24, 2.45) is 5.73 Å². The van der Waals surface area contributed by atoms with E-state index < -0.39 is 0 Å². The molecule has 3 rings (SSSR count). The summed E-state index contributed by atoms with van der Waals surface area (Å²) in [4.78, 5) is 13.5. The maximum Gasteiger partial charge on any atom is 0.217 e. The quantitative estimate of drug-likeness (QED) is 0.886. The van der Waals surface area contributed by atoms with Gasteiger partial charge in [-0.3, -0.25) is 4.79 Å². The van der Waals surface area contributed by atoms with Crippen molar-refractivity contribution in [2.45, 2.75) is 31.1 Å². The molecule has 1 heterocycles. The van der Waals surface area contributed by atoms with Crippen LogP contribution in [0.1, 0.15) is 36.8 Å². The van der Waals surface area contributed by atoms with Gasteiger partial charge in [0.25, 0.3) is 0 Å². The molecule has 0 aromatic heterocycles. The molecule has 0 aliphatic carbocycles. The van der Waals surface area contributed by atoms with Crippen LogP contribution in [0.5, 0.6) is 0 Å². The third-order valence-corrected chi connectivity index (χ3v) is 5.12. The average Bonchev–Trinajstić information content (AvgIpc) is 2.63. The van der Waals surface area contributed by atoms with Gasteiger partial charge in [0.05, 0.1) is 0 Å². The number of primary amides is 1. The molecule has 3 heteroatoms. The van der Waals surface area contributed by atoms with E-state index in [9.17, 15) is 4.79 Å². The molecule has 2 N–H and O–H groups in total. The van der Waals surface area contributed by atoms with E-state index in [0.717, 1.165) is 32.5 Å². The van der Waals surface area contributed by atoms with Crippen LogP contribution in [-0.2, 0) is 10.2 Å². The summed E-state index contributed by atoms with van der Waals surface area (Å²) < 4.78 is 0. The highest BCUT2D eigenvalue weighted by atomic mass is 16.1. The van der Waals surface area contributed by atoms with Crippen LogP contribution in [0.25, 0.3) is 0 Å². The predicted molar refractivity (Wildman–Crippen MR) is 97.8 cm³/mol. The molecule has 0 saturated carbocycles. The first-order chi connectivity index (χ1) is 11.7. The second-order valence-corrected chi connectivity index (χ2v) is 6.76. The lowest BCUT2D eigenvalue weighted by Crippen LogP contribution is -2.47. The smallest absolute Gasteiger partial charge is 0.217 e. The molecule has 0 spiro atoms. The van der Waals surface area contributed by atoms with Crippen molar-refractivity contribution in [1.29, 1.82) is 0 Å². The van der Waals surface area contributed by atoms with Gasteiger partial charge in [0, 0.05) is 18.4 Å². The summed E-state index contributed by atoms with van der Waals surface area (Å²) in [5, 5.41) is 0. The Labute approximate surface area is 144 Å². The maximum absolute atomic E-state index is 11.0. The molecule has 3 nitrogen and oxygen atoms in total. The zero-order valence-corrected chi connectivity index (χ0v) is 14.2. The van der Waals surface area contributed by atoms with Crippen LogP contribution in [-0.4, -0.2) is 30.4 Å². The first-order valence-corrected chi connectivity index (χ1v) is 8.82. The number of likely N-dealkylation sites (tertiary alicyclic amines) is 1. The Balaban J connectivity index is 1.87. The molecular weight excluding hydrogens is 296 g/mol. The van der Waals surface area contributed by atoms with Gasteiger partial charge < -0.3 is 10.6 Å². The minimum absolute atomic E-state index is 0.0352. The molecule has 1 aliphatic rings. The van der Waals surface area contributed by atoms with Crippen LogP contribution in [0.2, 0.25) is 0 Å². The molecule has 0 radical (unpaired) electrons. The van der Waals surface area contributed by atoms with Gasteiger partial charge >= 0.3 is 0 Å². The number of rotatable bonds is 6. The lowest BCUT2D eigenvalue weighted by Gasteiger charge is -2.44. The molecule has 1 aliphatic heterocycles. The molecular formula is C21H26N2O. The largest absolute Gasteiger partial charge is 0.370 e. The second kappa shape index (κ2) is 7.63. The second-order valence-electron chi connectivity index (χ2n) is 6.76. The van der Waals surface area contributed by atoms with Crippen LogP contribution in [0.15, 0.2) is 60.7 Å². The Kier molecular flexibility index (Phi) is 5.31. The summed E-state index contributed by atoms with van der Waals surface area (Å²) in [7, 11) is 0. The Bertz CT molecular complexity index is 615. The van der Waals surface area contributed by atoms with Gasteiger partial charge in [0.2, 0.25) is 5.91 Å². The number of benzene rings is 2. The summed E-state index contributed by atoms with van der Waals surface area (Å²) in [5.74, 6) is -0.204. The number of hydrogen-bond donors (Lipinski definition) is 1. The topological polar surface area (TPSA) is 46.3 Å². The number of nitrogens with zero attached hydrogens (tertiary/aromatic N) is 1. The first-order valence-electron chi connectivity index (χ1n) is 8.82. The van der Waals surface area contributed by atoms with E-state index >= 15 is 0 Å². The van der Waals surface area contributed by atoms with Crippen LogP contribution < -0.4 is 5.73 Å². The zero-order chi connectivity index (χ0) is 16.8. The third-order valence-electron chi connectivity index (χ3n) is 5.12. The van der Waals surface area contributed by atoms with Gasteiger partial charge in [-0.15, -0.1) is 0 Å². The fourth-order valence-electron chi connectivity index (χ4n) is 3.96. The van der Waals surface area contributed by atoms with Crippen LogP contribution in [0.4, 0.5) is 0 Å². The summed E-state index contributed by atoms with van der Waals surface area (Å²) in [6.45, 7) is 3.03. The van der Waals surface area contributed by atoms with Crippen molar-refractivity contribution in [3.8, 4) is 0 Å². The lowest BCUT2D eigenvalue weighted by atomic mass is 9.69. The van der Waals surface area contributed by atoms with Gasteiger partial charge in [-0.05, 0) is 43.5 Å². The zero-order valence-electron chi connectivity index (χ0n) is 14.2. The number of amides is 1. The molecule has 126 valence electrons. The van der Waals surface area contributed by atoms with Gasteiger partial charge in [0.1, 0.15) is 0 Å². The summed E-state index contributed by atoms with van der Waals surface area (Å²) in [6.07, 6.45) is 3.64. The molecule has 1 fully saturated rings. The van der Waals surface area contributed by atoms with Crippen LogP contribution in [0.3, 0.4) is 0 Å². The Morgan fingerprint density at radius 2 is 1.58 bits per heavy atom. The van der Waals surface area contributed by atoms with E-state index in [2.05, 4.69) is 65.6 Å². The van der Waals surface area contributed by atoms with Gasteiger partial charge in [-0.25, -0.2) is 0 Å². The Hall–Kier alpha value is -2.13. The van der Waals surface area contributed by atoms with Crippen molar-refractivity contribution in [1.82, 2.24) is 4.90 Å². The normalized spacial score (nSPS) is 17.5. The predicted octanol–water partition coefficient (Wildman–Crippen LogP) is 3.33. The molecule has 24 heavy (non-hydrogen) atoms. The standard InChI is InChI=1S/C21H26N2O/c22-20(24)13-7-15-23-16-8-14-21(17-23,18-9-3-1-4-10-18)19-11-5-2-6-12-19/h1-6,9-12H,7-8,13-17H2,(H2,22,24). The van der Waals surface area contributed by atoms with E-state index in [1.807, 2.05) is 0 Å². The molecule has 0 atom stereocenters. The summed E-state index contributed by atoms with van der Waals surface area (Å²) >= 11 is 0. The average molecular weight is 322 g/mol. The first kappa shape index (κ1) is 16.7. The number of carbonyl (C=O) groups excluding carboxylic acids is 1. The summed E-state index contributed by atoms with van der Waals surface area (Å²) in [6, 6.07) is 21.7. The molecule has 1 amide bonds. The minimum atomic E-state index is -0.204. The number of piperidine rings is 1. The molecule has 2 aromatic rings. The van der Waals surface area contributed by atoms with Crippen molar-refractivity contribution >= 4 is 5.91 Å². The fourth-order valence-corrected chi connectivity index (χ4v) is 3.96. The van der Waals surface area contributed by atoms with E-state index in [0.29, 0.717) is 6.42 Å². The van der Waals surface area contributed by atoms with E-state index in [1.165, 1.54) is 17.5 Å². The van der Waals surface area contributed by atoms with Gasteiger partial charge in [0.15, 0.2) is 0 Å². The number of hydrogen-bond acceptors (Lipinski definition) is 2. The highest BCUT2D eigenvalue weighted by Crippen LogP contribution is 2.40. The van der Waals surface area contributed by atoms with Crippen LogP contribution >= 0.6 is 0 Å². The third kappa shape index (κ3) is 3.68. The maximum atomic E-state index is 11.0. The molecule has 0 unspecified atom stereocenters. The summed E-state index contributed by atoms with van der Waals surface area (Å²) in [5.41, 5.74) is 8.09. The van der Waals surface area contributed by atoms with E-state index in [-0.39, 0.29) is 11.3 Å². The van der Waals surface area contributed by atoms with Crippen molar-refractivity contribution in [3.63, 3.8) is 0 Å². The molecule has 1 saturated heterocycles. The fraction of sp³-hybridized carbons (Fsp3) is 0.381. The number of nitrogens with two attached hydrogens (primary N) is 1. The SMILES string of the molecule is NC(=O)CCCN1CCCC(c2ccccc2)(c2ccccc2)C1. The minimum Gasteiger partial charge on any atom is -0.370 e. The van der Waals surface area contributed by atoms with Gasteiger partial charge in [-0.1, -0.05) is 60.7 Å². The monoisotopic (exact) mass is 322 g/mol. The highest BCUT2D eigenvalue weighted by molar-refractivity contribution is 5.73. The van der Waals surface area contributed by atoms with E-state index in [4.69, 9.17) is 5.73 Å². The number of carbonyl (C=O) groups is 1. The van der Waals surface area contributed by atoms with E-state index in [1.54, 1.807) is 0 Å². The van der Waals surface area contributed by atoms with Crippen LogP contribution in [0, 0.1) is 0 Å². The molecule has 2 aromatic carbocycles. The van der Waals surface area contributed by atoms with Gasteiger partial charge in [-0.2, -0.15) is 0 Å². The lowest BCUT2D eigenvalue weighted by molar-refractivity contribution is -0.118. The van der Waals surface area contributed by atoms with Crippen molar-refractivity contribution in [2.75, 3.05) is 19.6 Å².